The van der Waals surface area contributed by atoms with E-state index in [4.69, 9.17) is 4.74 Å². The number of thiazole rings is 1. The Hall–Kier alpha value is -2.80. The van der Waals surface area contributed by atoms with Crippen molar-refractivity contribution in [2.24, 2.45) is 5.92 Å². The number of piperidine rings is 1. The summed E-state index contributed by atoms with van der Waals surface area (Å²) in [6.45, 7) is 5.20. The van der Waals surface area contributed by atoms with Gasteiger partial charge in [0.1, 0.15) is 11.5 Å². The number of nitrogens with zero attached hydrogens (tertiary/aromatic N) is 3. The molecule has 1 fully saturated rings. The minimum absolute atomic E-state index is 0.0142. The van der Waals surface area contributed by atoms with E-state index >= 15 is 0 Å². The van der Waals surface area contributed by atoms with Gasteiger partial charge in [0.2, 0.25) is 5.88 Å². The second-order valence-corrected chi connectivity index (χ2v) is 8.98. The van der Waals surface area contributed by atoms with Crippen molar-refractivity contribution in [2.75, 3.05) is 13.2 Å². The third-order valence-electron chi connectivity index (χ3n) is 5.72. The van der Waals surface area contributed by atoms with Crippen LogP contribution in [0.4, 0.5) is 4.39 Å². The molecule has 31 heavy (non-hydrogen) atoms. The van der Waals surface area contributed by atoms with E-state index < -0.39 is 0 Å². The van der Waals surface area contributed by atoms with Gasteiger partial charge in [0.15, 0.2) is 0 Å². The molecule has 0 saturated carbocycles. The molecule has 0 bridgehead atoms. The van der Waals surface area contributed by atoms with Gasteiger partial charge in [-0.15, -0.1) is 11.3 Å². The molecule has 4 rings (SSSR count). The minimum atomic E-state index is -0.388. The summed E-state index contributed by atoms with van der Waals surface area (Å²) in [6, 6.07) is 12.9. The Bertz CT molecular complexity index is 1020. The predicted octanol–water partition coefficient (Wildman–Crippen LogP) is 5.36. The molecule has 1 aliphatic heterocycles. The number of rotatable bonds is 6. The lowest BCUT2D eigenvalue weighted by atomic mass is 9.87. The van der Waals surface area contributed by atoms with E-state index in [1.165, 1.54) is 12.1 Å². The first-order valence-corrected chi connectivity index (χ1v) is 11.5. The molecule has 7 heteroatoms. The van der Waals surface area contributed by atoms with Crippen LogP contribution in [-0.4, -0.2) is 40.0 Å². The van der Waals surface area contributed by atoms with E-state index in [1.54, 1.807) is 11.3 Å². The number of hydrogen-bond donors (Lipinski definition) is 0. The van der Waals surface area contributed by atoms with Crippen molar-refractivity contribution in [1.29, 1.82) is 0 Å². The molecule has 1 amide bonds. The van der Waals surface area contributed by atoms with E-state index in [9.17, 15) is 9.18 Å². The molecule has 2 atom stereocenters. The number of amides is 1. The average Bonchev–Trinajstić information content (AvgIpc) is 3.20. The van der Waals surface area contributed by atoms with Gasteiger partial charge in [0.25, 0.3) is 5.91 Å². The zero-order valence-corrected chi connectivity index (χ0v) is 18.6. The number of halogens is 1. The molecular weight excluding hydrogens is 413 g/mol. The fraction of sp³-hybridized carbons (Fsp3) is 0.375. The first kappa shape index (κ1) is 21.4. The smallest absolute Gasteiger partial charge is 0.274 e. The first-order chi connectivity index (χ1) is 15.1. The zero-order valence-electron chi connectivity index (χ0n) is 17.8. The van der Waals surface area contributed by atoms with Gasteiger partial charge in [-0.25, -0.2) is 14.4 Å². The molecule has 0 spiro atoms. The van der Waals surface area contributed by atoms with Crippen LogP contribution in [0.3, 0.4) is 0 Å². The highest BCUT2D eigenvalue weighted by Crippen LogP contribution is 2.34. The van der Waals surface area contributed by atoms with Gasteiger partial charge < -0.3 is 9.64 Å². The van der Waals surface area contributed by atoms with Crippen molar-refractivity contribution in [1.82, 2.24) is 14.9 Å². The molecule has 162 valence electrons. The minimum Gasteiger partial charge on any atom is -0.477 e. The van der Waals surface area contributed by atoms with Crippen LogP contribution in [0.5, 0.6) is 5.88 Å². The molecule has 1 saturated heterocycles. The highest BCUT2D eigenvalue weighted by Gasteiger charge is 2.36. The van der Waals surface area contributed by atoms with Crippen LogP contribution in [0.25, 0.3) is 10.4 Å². The zero-order chi connectivity index (χ0) is 21.8. The number of aryl methyl sites for hydroxylation is 1. The van der Waals surface area contributed by atoms with Crippen molar-refractivity contribution in [3.8, 4) is 16.3 Å². The summed E-state index contributed by atoms with van der Waals surface area (Å²) in [5, 5.41) is 0.884. The predicted molar refractivity (Wildman–Crippen MR) is 120 cm³/mol. The first-order valence-electron chi connectivity index (χ1n) is 10.6. The Kier molecular flexibility index (Phi) is 6.61. The standard InChI is InChI=1S/C24H26FN3O2S/c1-3-20-18(15-30-21-12-11-19(25)14-26-21)10-7-13-28(20)24(29)22-23(31-16(2)27-22)17-8-5-4-6-9-17/h4-6,8-9,11-12,14,18,20H,3,7,10,13,15H2,1-2H3. The summed E-state index contributed by atoms with van der Waals surface area (Å²) in [6.07, 6.45) is 3.88. The van der Waals surface area contributed by atoms with Crippen LogP contribution < -0.4 is 4.74 Å². The molecular formula is C24H26FN3O2S. The number of benzene rings is 1. The maximum Gasteiger partial charge on any atom is 0.274 e. The summed E-state index contributed by atoms with van der Waals surface area (Å²) in [4.78, 5) is 25.1. The van der Waals surface area contributed by atoms with Crippen molar-refractivity contribution < 1.29 is 13.9 Å². The molecule has 1 aromatic carbocycles. The fourth-order valence-corrected chi connectivity index (χ4v) is 5.19. The number of pyridine rings is 1. The molecule has 5 nitrogen and oxygen atoms in total. The van der Waals surface area contributed by atoms with E-state index in [1.807, 2.05) is 42.2 Å². The largest absolute Gasteiger partial charge is 0.477 e. The van der Waals surface area contributed by atoms with Crippen molar-refractivity contribution in [3.05, 3.63) is 65.2 Å². The molecule has 0 aliphatic carbocycles. The van der Waals surface area contributed by atoms with Crippen molar-refractivity contribution >= 4 is 17.2 Å². The van der Waals surface area contributed by atoms with Crippen LogP contribution in [0, 0.1) is 18.7 Å². The van der Waals surface area contributed by atoms with E-state index in [0.717, 1.165) is 40.9 Å². The fourth-order valence-electron chi connectivity index (χ4n) is 4.27. The Morgan fingerprint density at radius 3 is 2.77 bits per heavy atom. The molecule has 3 heterocycles. The Morgan fingerprint density at radius 1 is 1.26 bits per heavy atom. The Labute approximate surface area is 185 Å². The van der Waals surface area contributed by atoms with Crippen molar-refractivity contribution in [2.45, 2.75) is 39.2 Å². The summed E-state index contributed by atoms with van der Waals surface area (Å²) in [5.41, 5.74) is 1.55. The van der Waals surface area contributed by atoms with Crippen LogP contribution in [0.15, 0.2) is 48.7 Å². The number of aromatic nitrogens is 2. The monoisotopic (exact) mass is 439 g/mol. The number of carbonyl (C=O) groups is 1. The normalized spacial score (nSPS) is 18.7. The summed E-state index contributed by atoms with van der Waals surface area (Å²) < 4.78 is 18.9. The van der Waals surface area contributed by atoms with E-state index in [2.05, 4.69) is 16.9 Å². The highest BCUT2D eigenvalue weighted by molar-refractivity contribution is 7.15. The van der Waals surface area contributed by atoms with Gasteiger partial charge >= 0.3 is 0 Å². The Morgan fingerprint density at radius 2 is 2.06 bits per heavy atom. The van der Waals surface area contributed by atoms with Gasteiger partial charge in [0.05, 0.1) is 22.7 Å². The van der Waals surface area contributed by atoms with Crippen LogP contribution >= 0.6 is 11.3 Å². The summed E-state index contributed by atoms with van der Waals surface area (Å²) >= 11 is 1.56. The maximum absolute atomic E-state index is 13.6. The third kappa shape index (κ3) is 4.77. The molecule has 3 aromatic rings. The number of hydrogen-bond acceptors (Lipinski definition) is 5. The lowest BCUT2D eigenvalue weighted by Crippen LogP contribution is -2.50. The highest BCUT2D eigenvalue weighted by atomic mass is 32.1. The van der Waals surface area contributed by atoms with Gasteiger partial charge in [-0.3, -0.25) is 4.79 Å². The van der Waals surface area contributed by atoms with E-state index in [0.29, 0.717) is 24.7 Å². The Balaban J connectivity index is 1.53. The average molecular weight is 440 g/mol. The van der Waals surface area contributed by atoms with Gasteiger partial charge in [-0.2, -0.15) is 0 Å². The number of ether oxygens (including phenoxy) is 1. The third-order valence-corrected chi connectivity index (χ3v) is 6.74. The molecule has 2 aromatic heterocycles. The number of likely N-dealkylation sites (tertiary alicyclic amines) is 1. The maximum atomic E-state index is 13.6. The lowest BCUT2D eigenvalue weighted by Gasteiger charge is -2.40. The summed E-state index contributed by atoms with van der Waals surface area (Å²) in [5.74, 6) is 0.191. The van der Waals surface area contributed by atoms with Gasteiger partial charge in [-0.05, 0) is 37.8 Å². The quantitative estimate of drug-likeness (QED) is 0.519. The van der Waals surface area contributed by atoms with Gasteiger partial charge in [-0.1, -0.05) is 37.3 Å². The SMILES string of the molecule is CCC1C(COc2ccc(F)cn2)CCCN1C(=O)c1nc(C)sc1-c1ccccc1. The van der Waals surface area contributed by atoms with Gasteiger partial charge in [0, 0.05) is 24.6 Å². The second-order valence-electron chi connectivity index (χ2n) is 7.78. The molecule has 1 aliphatic rings. The van der Waals surface area contributed by atoms with Crippen LogP contribution in [-0.2, 0) is 0 Å². The molecule has 2 unspecified atom stereocenters. The molecule has 0 radical (unpaired) electrons. The van der Waals surface area contributed by atoms with Crippen molar-refractivity contribution in [3.63, 3.8) is 0 Å². The van der Waals surface area contributed by atoms with E-state index in [-0.39, 0.29) is 23.7 Å². The van der Waals surface area contributed by atoms with Crippen LogP contribution in [0.2, 0.25) is 0 Å². The summed E-state index contributed by atoms with van der Waals surface area (Å²) in [7, 11) is 0. The lowest BCUT2D eigenvalue weighted by molar-refractivity contribution is 0.0388. The van der Waals surface area contributed by atoms with Crippen LogP contribution in [0.1, 0.15) is 41.7 Å². The topological polar surface area (TPSA) is 55.3 Å². The molecule has 0 N–H and O–H groups in total. The number of carbonyl (C=O) groups excluding carboxylic acids is 1. The second kappa shape index (κ2) is 9.56.